The van der Waals surface area contributed by atoms with Crippen LogP contribution in [0.25, 0.3) is 10.2 Å². The summed E-state index contributed by atoms with van der Waals surface area (Å²) in [7, 11) is 1.81. The second-order valence-electron chi connectivity index (χ2n) is 3.65. The van der Waals surface area contributed by atoms with E-state index in [4.69, 9.17) is 0 Å². The molecule has 8 heteroatoms. The average molecular weight is 278 g/mol. The lowest BCUT2D eigenvalue weighted by atomic mass is 10.3. The Hall–Kier alpha value is -1.54. The van der Waals surface area contributed by atoms with Crippen molar-refractivity contribution in [1.29, 1.82) is 0 Å². The Kier molecular flexibility index (Phi) is 2.96. The van der Waals surface area contributed by atoms with Crippen LogP contribution in [0.15, 0.2) is 22.6 Å². The van der Waals surface area contributed by atoms with E-state index >= 15 is 0 Å². The van der Waals surface area contributed by atoms with Crippen LogP contribution in [0, 0.1) is 0 Å². The zero-order valence-electron chi connectivity index (χ0n) is 9.86. The van der Waals surface area contributed by atoms with E-state index in [1.807, 2.05) is 7.05 Å². The highest BCUT2D eigenvalue weighted by molar-refractivity contribution is 7.99. The Labute approximate surface area is 111 Å². The number of fused-ring (bicyclic) bond motifs is 1. The van der Waals surface area contributed by atoms with E-state index in [2.05, 4.69) is 38.5 Å². The molecule has 0 aliphatic rings. The average Bonchev–Trinajstić information content (AvgIpc) is 2.96. The number of tetrazole rings is 1. The van der Waals surface area contributed by atoms with Crippen molar-refractivity contribution in [2.45, 2.75) is 23.5 Å². The minimum atomic E-state index is 0.722. The van der Waals surface area contributed by atoms with Crippen LogP contribution in [-0.4, -0.2) is 30.2 Å². The van der Waals surface area contributed by atoms with Crippen molar-refractivity contribution >= 4 is 33.3 Å². The van der Waals surface area contributed by atoms with Gasteiger partial charge in [0, 0.05) is 17.3 Å². The Morgan fingerprint density at radius 3 is 3.00 bits per heavy atom. The second-order valence-corrected chi connectivity index (χ2v) is 5.72. The molecular formula is C10H10N6S2. The van der Waals surface area contributed by atoms with E-state index in [1.165, 1.54) is 16.6 Å². The molecule has 0 aromatic carbocycles. The molecule has 0 fully saturated rings. The summed E-state index contributed by atoms with van der Waals surface area (Å²) in [6, 6.07) is 2.14. The monoisotopic (exact) mass is 278 g/mol. The van der Waals surface area contributed by atoms with Gasteiger partial charge in [-0.3, -0.25) is 0 Å². The minimum absolute atomic E-state index is 0.722. The molecule has 18 heavy (non-hydrogen) atoms. The molecule has 0 saturated heterocycles. The Bertz CT molecular complexity index is 689. The van der Waals surface area contributed by atoms with Crippen LogP contribution >= 0.6 is 23.1 Å². The third kappa shape index (κ3) is 1.97. The number of thiophene rings is 1. The fourth-order valence-electron chi connectivity index (χ4n) is 1.53. The summed E-state index contributed by atoms with van der Waals surface area (Å²) >= 11 is 3.16. The lowest BCUT2D eigenvalue weighted by Crippen LogP contribution is -1.93. The molecule has 0 unspecified atom stereocenters. The molecule has 0 atom stereocenters. The number of hydrogen-bond acceptors (Lipinski definition) is 7. The number of rotatable bonds is 3. The van der Waals surface area contributed by atoms with Crippen molar-refractivity contribution in [2.75, 3.05) is 0 Å². The molecule has 3 aromatic heterocycles. The van der Waals surface area contributed by atoms with Crippen LogP contribution in [0.5, 0.6) is 0 Å². The molecule has 0 amide bonds. The molecule has 0 N–H and O–H groups in total. The molecule has 0 bridgehead atoms. The standard InChI is InChI=1S/C10H10N6S2/c1-3-6-4-7-8(17-6)11-5-12-9(7)18-10-13-14-15-16(10)2/h4-5H,3H2,1-2H3. The summed E-state index contributed by atoms with van der Waals surface area (Å²) in [6.07, 6.45) is 2.60. The highest BCUT2D eigenvalue weighted by Gasteiger charge is 2.12. The molecule has 0 radical (unpaired) electrons. The maximum Gasteiger partial charge on any atom is 0.215 e. The van der Waals surface area contributed by atoms with E-state index in [0.717, 1.165) is 26.8 Å². The zero-order chi connectivity index (χ0) is 12.5. The molecule has 3 aromatic rings. The van der Waals surface area contributed by atoms with Gasteiger partial charge in [0.25, 0.3) is 0 Å². The predicted molar refractivity (Wildman–Crippen MR) is 69.7 cm³/mol. The van der Waals surface area contributed by atoms with Gasteiger partial charge in [0.05, 0.1) is 0 Å². The fourth-order valence-corrected chi connectivity index (χ4v) is 3.32. The third-order valence-electron chi connectivity index (χ3n) is 2.46. The van der Waals surface area contributed by atoms with Gasteiger partial charge in [0.15, 0.2) is 0 Å². The normalized spacial score (nSPS) is 11.2. The van der Waals surface area contributed by atoms with Gasteiger partial charge in [0.2, 0.25) is 5.16 Å². The van der Waals surface area contributed by atoms with Crippen LogP contribution in [0.1, 0.15) is 11.8 Å². The zero-order valence-corrected chi connectivity index (χ0v) is 11.5. The molecule has 0 aliphatic heterocycles. The van der Waals surface area contributed by atoms with Gasteiger partial charge < -0.3 is 0 Å². The number of nitrogens with zero attached hydrogens (tertiary/aromatic N) is 6. The lowest BCUT2D eigenvalue weighted by molar-refractivity contribution is 0.664. The van der Waals surface area contributed by atoms with Gasteiger partial charge in [-0.05, 0) is 34.7 Å². The van der Waals surface area contributed by atoms with Crippen molar-refractivity contribution in [1.82, 2.24) is 30.2 Å². The number of hydrogen-bond donors (Lipinski definition) is 0. The summed E-state index contributed by atoms with van der Waals surface area (Å²) < 4.78 is 1.63. The maximum atomic E-state index is 4.32. The first-order valence-corrected chi connectivity index (χ1v) is 7.05. The minimum Gasteiger partial charge on any atom is -0.229 e. The topological polar surface area (TPSA) is 69.4 Å². The van der Waals surface area contributed by atoms with Crippen LogP contribution in [0.2, 0.25) is 0 Å². The number of aromatic nitrogens is 6. The molecular weight excluding hydrogens is 268 g/mol. The van der Waals surface area contributed by atoms with Crippen LogP contribution in [-0.2, 0) is 13.5 Å². The molecule has 6 nitrogen and oxygen atoms in total. The van der Waals surface area contributed by atoms with Gasteiger partial charge >= 0.3 is 0 Å². The Balaban J connectivity index is 2.06. The van der Waals surface area contributed by atoms with E-state index in [1.54, 1.807) is 22.3 Å². The van der Waals surface area contributed by atoms with Gasteiger partial charge in [-0.15, -0.1) is 16.4 Å². The van der Waals surface area contributed by atoms with Crippen LogP contribution < -0.4 is 0 Å². The first kappa shape index (κ1) is 11.5. The summed E-state index contributed by atoms with van der Waals surface area (Å²) in [5, 5.41) is 14.1. The molecule has 3 heterocycles. The first-order valence-electron chi connectivity index (χ1n) is 5.41. The fraction of sp³-hybridized carbons (Fsp3) is 0.300. The Morgan fingerprint density at radius 2 is 2.28 bits per heavy atom. The van der Waals surface area contributed by atoms with Gasteiger partial charge in [-0.1, -0.05) is 6.92 Å². The quantitative estimate of drug-likeness (QED) is 0.682. The van der Waals surface area contributed by atoms with Crippen LogP contribution in [0.3, 0.4) is 0 Å². The van der Waals surface area contributed by atoms with Crippen molar-refractivity contribution < 1.29 is 0 Å². The highest BCUT2D eigenvalue weighted by Crippen LogP contribution is 2.33. The van der Waals surface area contributed by atoms with E-state index in [9.17, 15) is 0 Å². The van der Waals surface area contributed by atoms with Crippen molar-refractivity contribution in [2.24, 2.45) is 7.05 Å². The maximum absolute atomic E-state index is 4.32. The van der Waals surface area contributed by atoms with E-state index in [0.29, 0.717) is 0 Å². The van der Waals surface area contributed by atoms with Gasteiger partial charge in [0.1, 0.15) is 16.2 Å². The first-order chi connectivity index (χ1) is 8.78. The molecule has 0 spiro atoms. The van der Waals surface area contributed by atoms with E-state index in [-0.39, 0.29) is 0 Å². The second kappa shape index (κ2) is 4.62. The molecule has 0 aliphatic carbocycles. The van der Waals surface area contributed by atoms with Crippen molar-refractivity contribution in [3.05, 3.63) is 17.3 Å². The number of aryl methyl sites for hydroxylation is 2. The molecule has 3 rings (SSSR count). The summed E-state index contributed by atoms with van der Waals surface area (Å²) in [5.41, 5.74) is 0. The summed E-state index contributed by atoms with van der Waals surface area (Å²) in [5.74, 6) is 0. The predicted octanol–water partition coefficient (Wildman–Crippen LogP) is 1.93. The van der Waals surface area contributed by atoms with Crippen molar-refractivity contribution in [3.63, 3.8) is 0 Å². The molecule has 92 valence electrons. The van der Waals surface area contributed by atoms with Gasteiger partial charge in [-0.25, -0.2) is 14.6 Å². The smallest absolute Gasteiger partial charge is 0.215 e. The summed E-state index contributed by atoms with van der Waals surface area (Å²) in [6.45, 7) is 2.14. The van der Waals surface area contributed by atoms with Crippen molar-refractivity contribution in [3.8, 4) is 0 Å². The lowest BCUT2D eigenvalue weighted by Gasteiger charge is -1.99. The largest absolute Gasteiger partial charge is 0.229 e. The van der Waals surface area contributed by atoms with Crippen LogP contribution in [0.4, 0.5) is 0 Å². The highest BCUT2D eigenvalue weighted by atomic mass is 32.2. The SMILES string of the molecule is CCc1cc2c(Sc3nnnn3C)ncnc2s1. The molecule has 0 saturated carbocycles. The Morgan fingerprint density at radius 1 is 1.39 bits per heavy atom. The summed E-state index contributed by atoms with van der Waals surface area (Å²) in [4.78, 5) is 10.9. The van der Waals surface area contributed by atoms with E-state index < -0.39 is 0 Å². The third-order valence-corrected chi connectivity index (χ3v) is 4.70. The van der Waals surface area contributed by atoms with Gasteiger partial charge in [-0.2, -0.15) is 0 Å².